The molecule has 154 valence electrons. The number of rotatable bonds is 19. The quantitative estimate of drug-likeness (QED) is 0.266. The SMILES string of the molecule is CCCCCCOC(=O)CCCN(CCO)CCCCCCCC(=O)O. The first-order chi connectivity index (χ1) is 12.6. The van der Waals surface area contributed by atoms with Gasteiger partial charge in [-0.1, -0.05) is 45.4 Å². The summed E-state index contributed by atoms with van der Waals surface area (Å²) in [5, 5.41) is 17.8. The van der Waals surface area contributed by atoms with E-state index >= 15 is 0 Å². The molecular formula is C20H39NO5. The lowest BCUT2D eigenvalue weighted by Crippen LogP contribution is -2.29. The first-order valence-electron chi connectivity index (χ1n) is 10.3. The third-order valence-electron chi connectivity index (χ3n) is 4.40. The summed E-state index contributed by atoms with van der Waals surface area (Å²) in [5.74, 6) is -0.845. The number of hydrogen-bond donors (Lipinski definition) is 2. The van der Waals surface area contributed by atoms with E-state index in [0.717, 1.165) is 64.5 Å². The highest BCUT2D eigenvalue weighted by molar-refractivity contribution is 5.69. The fraction of sp³-hybridized carbons (Fsp3) is 0.900. The molecule has 0 radical (unpaired) electrons. The van der Waals surface area contributed by atoms with Crippen molar-refractivity contribution in [3.63, 3.8) is 0 Å². The average Bonchev–Trinajstić information content (AvgIpc) is 2.60. The van der Waals surface area contributed by atoms with E-state index < -0.39 is 5.97 Å². The average molecular weight is 374 g/mol. The molecule has 0 atom stereocenters. The molecule has 0 aromatic heterocycles. The third kappa shape index (κ3) is 17.7. The van der Waals surface area contributed by atoms with E-state index in [2.05, 4.69) is 11.8 Å². The van der Waals surface area contributed by atoms with E-state index in [0.29, 0.717) is 19.6 Å². The van der Waals surface area contributed by atoms with Crippen molar-refractivity contribution in [2.45, 2.75) is 84.0 Å². The number of nitrogens with zero attached hydrogens (tertiary/aromatic N) is 1. The van der Waals surface area contributed by atoms with Crippen LogP contribution in [0, 0.1) is 0 Å². The van der Waals surface area contributed by atoms with Crippen LogP contribution in [0.5, 0.6) is 0 Å². The summed E-state index contributed by atoms with van der Waals surface area (Å²) >= 11 is 0. The molecule has 0 aliphatic carbocycles. The molecule has 2 N–H and O–H groups in total. The molecule has 0 unspecified atom stereocenters. The topological polar surface area (TPSA) is 87.1 Å². The number of aliphatic hydroxyl groups excluding tert-OH is 1. The van der Waals surface area contributed by atoms with Crippen LogP contribution >= 0.6 is 0 Å². The van der Waals surface area contributed by atoms with Crippen molar-refractivity contribution < 1.29 is 24.5 Å². The molecule has 0 aliphatic heterocycles. The van der Waals surface area contributed by atoms with Crippen LogP contribution in [0.25, 0.3) is 0 Å². The van der Waals surface area contributed by atoms with Gasteiger partial charge < -0.3 is 19.8 Å². The Kier molecular flexibility index (Phi) is 17.8. The summed E-state index contributed by atoms with van der Waals surface area (Å²) in [4.78, 5) is 24.3. The number of esters is 1. The second-order valence-electron chi connectivity index (χ2n) is 6.86. The van der Waals surface area contributed by atoms with Gasteiger partial charge in [-0.15, -0.1) is 0 Å². The Labute approximate surface area is 158 Å². The number of carbonyl (C=O) groups excluding carboxylic acids is 1. The van der Waals surface area contributed by atoms with Gasteiger partial charge in [-0.2, -0.15) is 0 Å². The molecule has 6 heteroatoms. The van der Waals surface area contributed by atoms with Crippen molar-refractivity contribution in [3.05, 3.63) is 0 Å². The van der Waals surface area contributed by atoms with Crippen LogP contribution < -0.4 is 0 Å². The second kappa shape index (κ2) is 18.6. The molecule has 0 aliphatic rings. The van der Waals surface area contributed by atoms with E-state index in [4.69, 9.17) is 14.9 Å². The standard InChI is InChI=1S/C20H39NO5/c1-2-3-4-10-18-26-20(25)13-11-15-21(16-17-22)14-9-7-5-6-8-12-19(23)24/h22H,2-18H2,1H3,(H,23,24). The van der Waals surface area contributed by atoms with Crippen molar-refractivity contribution in [1.29, 1.82) is 0 Å². The highest BCUT2D eigenvalue weighted by atomic mass is 16.5. The minimum Gasteiger partial charge on any atom is -0.481 e. The molecular weight excluding hydrogens is 334 g/mol. The highest BCUT2D eigenvalue weighted by Crippen LogP contribution is 2.07. The number of carboxylic acids is 1. The smallest absolute Gasteiger partial charge is 0.305 e. The van der Waals surface area contributed by atoms with E-state index in [-0.39, 0.29) is 19.0 Å². The zero-order chi connectivity index (χ0) is 19.5. The van der Waals surface area contributed by atoms with Gasteiger partial charge in [-0.05, 0) is 38.8 Å². The monoisotopic (exact) mass is 373 g/mol. The van der Waals surface area contributed by atoms with Crippen molar-refractivity contribution >= 4 is 11.9 Å². The minimum absolute atomic E-state index is 0.121. The maximum absolute atomic E-state index is 11.7. The van der Waals surface area contributed by atoms with Gasteiger partial charge in [-0.3, -0.25) is 9.59 Å². The van der Waals surface area contributed by atoms with Gasteiger partial charge in [0.1, 0.15) is 0 Å². The van der Waals surface area contributed by atoms with Crippen LogP contribution in [-0.2, 0) is 14.3 Å². The van der Waals surface area contributed by atoms with Gasteiger partial charge in [0.15, 0.2) is 0 Å². The Morgan fingerprint density at radius 3 is 2.15 bits per heavy atom. The van der Waals surface area contributed by atoms with Gasteiger partial charge in [0.25, 0.3) is 0 Å². The van der Waals surface area contributed by atoms with Gasteiger partial charge in [0.2, 0.25) is 0 Å². The molecule has 0 saturated carbocycles. The summed E-state index contributed by atoms with van der Waals surface area (Å²) in [6.45, 7) is 5.15. The van der Waals surface area contributed by atoms with Gasteiger partial charge in [0.05, 0.1) is 13.2 Å². The normalized spacial score (nSPS) is 11.0. The fourth-order valence-electron chi connectivity index (χ4n) is 2.85. The van der Waals surface area contributed by atoms with Crippen molar-refractivity contribution in [2.75, 3.05) is 32.8 Å². The lowest BCUT2D eigenvalue weighted by atomic mass is 10.1. The third-order valence-corrected chi connectivity index (χ3v) is 4.40. The molecule has 0 aromatic rings. The van der Waals surface area contributed by atoms with Gasteiger partial charge in [-0.25, -0.2) is 0 Å². The largest absolute Gasteiger partial charge is 0.481 e. The Hall–Kier alpha value is -1.14. The molecule has 0 saturated heterocycles. The first kappa shape index (κ1) is 24.9. The zero-order valence-electron chi connectivity index (χ0n) is 16.6. The van der Waals surface area contributed by atoms with Crippen LogP contribution in [-0.4, -0.2) is 59.9 Å². The van der Waals surface area contributed by atoms with Crippen LogP contribution in [0.15, 0.2) is 0 Å². The maximum Gasteiger partial charge on any atom is 0.305 e. The zero-order valence-corrected chi connectivity index (χ0v) is 16.6. The molecule has 26 heavy (non-hydrogen) atoms. The lowest BCUT2D eigenvalue weighted by Gasteiger charge is -2.21. The molecule has 6 nitrogen and oxygen atoms in total. The summed E-state index contributed by atoms with van der Waals surface area (Å²) < 4.78 is 5.23. The van der Waals surface area contributed by atoms with E-state index in [1.165, 1.54) is 12.8 Å². The van der Waals surface area contributed by atoms with Crippen LogP contribution in [0.4, 0.5) is 0 Å². The van der Waals surface area contributed by atoms with E-state index in [1.54, 1.807) is 0 Å². The van der Waals surface area contributed by atoms with Gasteiger partial charge in [0, 0.05) is 19.4 Å². The predicted molar refractivity (Wildman–Crippen MR) is 103 cm³/mol. The molecule has 0 heterocycles. The molecule has 0 fully saturated rings. The summed E-state index contributed by atoms with van der Waals surface area (Å²) in [5.41, 5.74) is 0. The van der Waals surface area contributed by atoms with E-state index in [9.17, 15) is 9.59 Å². The van der Waals surface area contributed by atoms with Crippen molar-refractivity contribution in [2.24, 2.45) is 0 Å². The number of ether oxygens (including phenoxy) is 1. The highest BCUT2D eigenvalue weighted by Gasteiger charge is 2.07. The summed E-state index contributed by atoms with van der Waals surface area (Å²) in [7, 11) is 0. The number of aliphatic hydroxyl groups is 1. The first-order valence-corrected chi connectivity index (χ1v) is 10.3. The second-order valence-corrected chi connectivity index (χ2v) is 6.86. The lowest BCUT2D eigenvalue weighted by molar-refractivity contribution is -0.144. The van der Waals surface area contributed by atoms with Crippen LogP contribution in [0.3, 0.4) is 0 Å². The Balaban J connectivity index is 3.65. The fourth-order valence-corrected chi connectivity index (χ4v) is 2.85. The maximum atomic E-state index is 11.7. The number of carbonyl (C=O) groups is 2. The van der Waals surface area contributed by atoms with Gasteiger partial charge >= 0.3 is 11.9 Å². The number of carboxylic acid groups (broad SMARTS) is 1. The van der Waals surface area contributed by atoms with Crippen LogP contribution in [0.1, 0.15) is 84.0 Å². The number of hydrogen-bond acceptors (Lipinski definition) is 5. The molecule has 0 rings (SSSR count). The minimum atomic E-state index is -0.724. The van der Waals surface area contributed by atoms with E-state index in [1.807, 2.05) is 0 Å². The van der Waals surface area contributed by atoms with Crippen LogP contribution in [0.2, 0.25) is 0 Å². The number of unbranched alkanes of at least 4 members (excludes halogenated alkanes) is 7. The Morgan fingerprint density at radius 1 is 0.808 bits per heavy atom. The van der Waals surface area contributed by atoms with Crippen molar-refractivity contribution in [1.82, 2.24) is 4.90 Å². The number of aliphatic carboxylic acids is 1. The van der Waals surface area contributed by atoms with Crippen molar-refractivity contribution in [3.8, 4) is 0 Å². The molecule has 0 aromatic carbocycles. The Bertz CT molecular complexity index is 349. The summed E-state index contributed by atoms with van der Waals surface area (Å²) in [6.07, 6.45) is 10.7. The predicted octanol–water partition coefficient (Wildman–Crippen LogP) is 3.61. The molecule has 0 bridgehead atoms. The summed E-state index contributed by atoms with van der Waals surface area (Å²) in [6, 6.07) is 0. The molecule has 0 spiro atoms. The Morgan fingerprint density at radius 2 is 1.46 bits per heavy atom. The molecule has 0 amide bonds.